The van der Waals surface area contributed by atoms with Gasteiger partial charge in [-0.05, 0) is 68.2 Å². The van der Waals surface area contributed by atoms with Crippen molar-refractivity contribution >= 4 is 17.5 Å². The van der Waals surface area contributed by atoms with Crippen molar-refractivity contribution in [3.63, 3.8) is 0 Å². The zero-order chi connectivity index (χ0) is 20.9. The van der Waals surface area contributed by atoms with E-state index in [1.165, 1.54) is 5.56 Å². The number of hydrogen-bond acceptors (Lipinski definition) is 2. The molecule has 2 aliphatic carbocycles. The molecule has 4 nitrogen and oxygen atoms in total. The fraction of sp³-hybridized carbons (Fsp3) is 0.545. The first kappa shape index (κ1) is 20.3. The Hall–Kier alpha value is -1.95. The molecular formula is C22H26ClF2N3O. The zero-order valence-electron chi connectivity index (χ0n) is 17.1. The maximum Gasteiger partial charge on any atom is 0.238 e. The molecule has 4 rings (SSSR count). The summed E-state index contributed by atoms with van der Waals surface area (Å²) in [6.07, 6.45) is 4.35. The van der Waals surface area contributed by atoms with Crippen LogP contribution in [0, 0.1) is 25.5 Å². The molecule has 1 atom stereocenters. The van der Waals surface area contributed by atoms with Gasteiger partial charge in [-0.15, -0.1) is 11.6 Å². The number of carbonyl (C=O) groups is 1. The predicted octanol–water partition coefficient (Wildman–Crippen LogP) is 3.93. The van der Waals surface area contributed by atoms with Gasteiger partial charge in [-0.3, -0.25) is 9.48 Å². The van der Waals surface area contributed by atoms with Gasteiger partial charge in [0.25, 0.3) is 0 Å². The largest absolute Gasteiger partial charge is 0.334 e. The Labute approximate surface area is 174 Å². The molecule has 156 valence electrons. The van der Waals surface area contributed by atoms with Crippen molar-refractivity contribution in [3.05, 3.63) is 50.8 Å². The maximum absolute atomic E-state index is 14.9. The predicted molar refractivity (Wildman–Crippen MR) is 108 cm³/mol. The minimum absolute atomic E-state index is 0.0409. The van der Waals surface area contributed by atoms with E-state index in [0.29, 0.717) is 18.4 Å². The van der Waals surface area contributed by atoms with Gasteiger partial charge in [-0.25, -0.2) is 8.78 Å². The molecule has 1 aromatic heterocycles. The summed E-state index contributed by atoms with van der Waals surface area (Å²) in [6, 6.07) is -0.127. The van der Waals surface area contributed by atoms with Crippen LogP contribution in [0.3, 0.4) is 0 Å². The molecular weight excluding hydrogens is 396 g/mol. The van der Waals surface area contributed by atoms with Gasteiger partial charge in [-0.2, -0.15) is 5.10 Å². The van der Waals surface area contributed by atoms with Gasteiger partial charge in [0, 0.05) is 37.3 Å². The van der Waals surface area contributed by atoms with Crippen molar-refractivity contribution in [1.82, 2.24) is 14.7 Å². The third-order valence-corrected chi connectivity index (χ3v) is 6.98. The van der Waals surface area contributed by atoms with Gasteiger partial charge in [0.05, 0.1) is 5.69 Å². The molecule has 2 aliphatic rings. The fourth-order valence-electron chi connectivity index (χ4n) is 4.98. The van der Waals surface area contributed by atoms with E-state index >= 15 is 0 Å². The first-order valence-electron chi connectivity index (χ1n) is 10.2. The summed E-state index contributed by atoms with van der Waals surface area (Å²) in [6.45, 7) is 3.92. The second-order valence-corrected chi connectivity index (χ2v) is 8.50. The van der Waals surface area contributed by atoms with Crippen LogP contribution in [0.15, 0.2) is 0 Å². The van der Waals surface area contributed by atoms with E-state index in [2.05, 4.69) is 5.10 Å². The first-order chi connectivity index (χ1) is 13.8. The van der Waals surface area contributed by atoms with Crippen molar-refractivity contribution < 1.29 is 13.6 Å². The number of hydrogen-bond donors (Lipinski definition) is 0. The zero-order valence-corrected chi connectivity index (χ0v) is 17.9. The number of amides is 1. The Morgan fingerprint density at radius 1 is 1.17 bits per heavy atom. The summed E-state index contributed by atoms with van der Waals surface area (Å²) < 4.78 is 31.5. The lowest BCUT2D eigenvalue weighted by atomic mass is 9.90. The molecule has 0 spiro atoms. The first-order valence-corrected chi connectivity index (χ1v) is 10.7. The van der Waals surface area contributed by atoms with Crippen molar-refractivity contribution in [2.75, 3.05) is 5.88 Å². The maximum atomic E-state index is 14.9. The number of alkyl halides is 1. The van der Waals surface area contributed by atoms with E-state index in [-0.39, 0.29) is 29.9 Å². The van der Waals surface area contributed by atoms with E-state index in [1.54, 1.807) is 4.90 Å². The Morgan fingerprint density at radius 2 is 1.90 bits per heavy atom. The summed E-state index contributed by atoms with van der Waals surface area (Å²) in [4.78, 5) is 14.3. The number of aryl methyl sites for hydroxylation is 1. The molecule has 29 heavy (non-hydrogen) atoms. The van der Waals surface area contributed by atoms with Crippen LogP contribution in [-0.2, 0) is 44.1 Å². The smallest absolute Gasteiger partial charge is 0.238 e. The SMILES string of the molecule is Cc1c(CN(C(=O)CCl)C2CCc3c(nn(C)c3C)C2)c(F)c(F)c2c1CCC2. The molecule has 1 amide bonds. The van der Waals surface area contributed by atoms with Crippen molar-refractivity contribution in [1.29, 1.82) is 0 Å². The van der Waals surface area contributed by atoms with Crippen LogP contribution >= 0.6 is 11.6 Å². The number of nitrogens with zero attached hydrogens (tertiary/aromatic N) is 3. The number of halogens is 3. The third-order valence-electron chi connectivity index (χ3n) is 6.75. The van der Waals surface area contributed by atoms with Crippen LogP contribution in [0.4, 0.5) is 8.78 Å². The normalized spacial score (nSPS) is 17.9. The monoisotopic (exact) mass is 421 g/mol. The van der Waals surface area contributed by atoms with Gasteiger partial charge < -0.3 is 4.90 Å². The molecule has 1 aromatic carbocycles. The van der Waals surface area contributed by atoms with E-state index < -0.39 is 11.6 Å². The standard InChI is InChI=1S/C22H26ClF2N3O/c1-12-15-5-4-6-17(15)21(24)22(25)18(12)11-28(20(29)10-23)14-7-8-16-13(2)27(3)26-19(16)9-14/h14H,4-11H2,1-3H3. The average molecular weight is 422 g/mol. The second-order valence-electron chi connectivity index (χ2n) is 8.23. The molecule has 0 fully saturated rings. The van der Waals surface area contributed by atoms with Crippen LogP contribution in [0.25, 0.3) is 0 Å². The highest BCUT2D eigenvalue weighted by Gasteiger charge is 2.33. The van der Waals surface area contributed by atoms with Crippen molar-refractivity contribution in [2.24, 2.45) is 7.05 Å². The van der Waals surface area contributed by atoms with Gasteiger partial charge in [0.2, 0.25) is 5.91 Å². The van der Waals surface area contributed by atoms with Crippen molar-refractivity contribution in [3.8, 4) is 0 Å². The van der Waals surface area contributed by atoms with Crippen molar-refractivity contribution in [2.45, 2.75) is 65.0 Å². The molecule has 1 heterocycles. The number of benzene rings is 1. The van der Waals surface area contributed by atoms with E-state index in [0.717, 1.165) is 48.2 Å². The highest BCUT2D eigenvalue weighted by molar-refractivity contribution is 6.27. The van der Waals surface area contributed by atoms with E-state index in [4.69, 9.17) is 11.6 Å². The second kappa shape index (κ2) is 7.71. The summed E-state index contributed by atoms with van der Waals surface area (Å²) in [7, 11) is 1.91. The molecule has 0 bridgehead atoms. The number of aromatic nitrogens is 2. The third kappa shape index (κ3) is 3.35. The Bertz CT molecular complexity index is 985. The Balaban J connectivity index is 1.68. The van der Waals surface area contributed by atoms with Gasteiger partial charge in [0.1, 0.15) is 5.88 Å². The van der Waals surface area contributed by atoms with Gasteiger partial charge in [-0.1, -0.05) is 0 Å². The minimum atomic E-state index is -0.819. The topological polar surface area (TPSA) is 38.1 Å². The van der Waals surface area contributed by atoms with Crippen LogP contribution < -0.4 is 0 Å². The van der Waals surface area contributed by atoms with E-state index in [1.807, 2.05) is 25.6 Å². The Kier molecular flexibility index (Phi) is 5.40. The highest BCUT2D eigenvalue weighted by Crippen LogP contribution is 2.34. The number of rotatable bonds is 4. The van der Waals surface area contributed by atoms with E-state index in [9.17, 15) is 13.6 Å². The van der Waals surface area contributed by atoms with Gasteiger partial charge >= 0.3 is 0 Å². The molecule has 0 N–H and O–H groups in total. The fourth-order valence-corrected chi connectivity index (χ4v) is 5.13. The molecule has 2 aromatic rings. The van der Waals surface area contributed by atoms with Crippen LogP contribution in [0.1, 0.15) is 52.0 Å². The number of fused-ring (bicyclic) bond motifs is 2. The summed E-state index contributed by atoms with van der Waals surface area (Å²) in [5, 5.41) is 4.58. The lowest BCUT2D eigenvalue weighted by Crippen LogP contribution is -2.44. The lowest BCUT2D eigenvalue weighted by Gasteiger charge is -2.34. The Morgan fingerprint density at radius 3 is 2.62 bits per heavy atom. The summed E-state index contributed by atoms with van der Waals surface area (Å²) in [5.41, 5.74) is 5.81. The molecule has 1 unspecified atom stereocenters. The molecule has 0 aliphatic heterocycles. The molecule has 7 heteroatoms. The summed E-state index contributed by atoms with van der Waals surface area (Å²) in [5.74, 6) is -2.01. The average Bonchev–Trinajstić information content (AvgIpc) is 3.31. The van der Waals surface area contributed by atoms with Gasteiger partial charge in [0.15, 0.2) is 11.6 Å². The quantitative estimate of drug-likeness (QED) is 0.701. The highest BCUT2D eigenvalue weighted by atomic mass is 35.5. The number of carbonyl (C=O) groups excluding carboxylic acids is 1. The molecule has 0 radical (unpaired) electrons. The molecule has 0 saturated heterocycles. The lowest BCUT2D eigenvalue weighted by molar-refractivity contribution is -0.131. The van der Waals surface area contributed by atoms with Crippen LogP contribution in [0.2, 0.25) is 0 Å². The van der Waals surface area contributed by atoms with Crippen LogP contribution in [-0.4, -0.2) is 32.5 Å². The van der Waals surface area contributed by atoms with Crippen LogP contribution in [0.5, 0.6) is 0 Å². The summed E-state index contributed by atoms with van der Waals surface area (Å²) >= 11 is 5.89. The minimum Gasteiger partial charge on any atom is -0.334 e. The molecule has 0 saturated carbocycles.